The fourth-order valence-corrected chi connectivity index (χ4v) is 4.98. The number of aryl methyl sites for hydroxylation is 1. The van der Waals surface area contributed by atoms with Gasteiger partial charge in [-0.25, -0.2) is 4.39 Å². The molecule has 1 aromatic heterocycles. The zero-order chi connectivity index (χ0) is 25.3. The van der Waals surface area contributed by atoms with Crippen LogP contribution in [0.15, 0.2) is 35.3 Å². The van der Waals surface area contributed by atoms with Crippen molar-refractivity contribution in [1.29, 1.82) is 0 Å². The lowest BCUT2D eigenvalue weighted by molar-refractivity contribution is 0.122. The number of morpholine rings is 1. The molecule has 1 aliphatic rings. The number of aromatic nitrogens is 1. The molecule has 188 valence electrons. The summed E-state index contributed by atoms with van der Waals surface area (Å²) in [6, 6.07) is 6.84. The highest BCUT2D eigenvalue weighted by atomic mass is 35.5. The molecule has 1 atom stereocenters. The van der Waals surface area contributed by atoms with Gasteiger partial charge in [0.2, 0.25) is 0 Å². The van der Waals surface area contributed by atoms with Crippen molar-refractivity contribution in [2.75, 3.05) is 44.9 Å². The fraction of sp³-hybridized carbons (Fsp3) is 0.444. The lowest BCUT2D eigenvalue weighted by Gasteiger charge is -2.29. The molecule has 6 nitrogen and oxygen atoms in total. The Labute approximate surface area is 209 Å². The minimum absolute atomic E-state index is 0.0583. The van der Waals surface area contributed by atoms with Crippen molar-refractivity contribution in [3.05, 3.63) is 68.2 Å². The molecule has 4 rings (SSSR count). The van der Waals surface area contributed by atoms with Crippen LogP contribution in [0.4, 0.5) is 10.1 Å². The number of hydrogen-bond acceptors (Lipinski definition) is 5. The van der Waals surface area contributed by atoms with E-state index in [4.69, 9.17) is 21.1 Å². The zero-order valence-electron chi connectivity index (χ0n) is 20.6. The Hall–Kier alpha value is -2.61. The van der Waals surface area contributed by atoms with Gasteiger partial charge in [0.15, 0.2) is 5.43 Å². The van der Waals surface area contributed by atoms with Crippen LogP contribution in [0.3, 0.4) is 0 Å². The number of nitrogens with zero attached hydrogens (tertiary/aromatic N) is 2. The van der Waals surface area contributed by atoms with E-state index in [-0.39, 0.29) is 35.4 Å². The van der Waals surface area contributed by atoms with Crippen LogP contribution in [0, 0.1) is 18.7 Å². The highest BCUT2D eigenvalue weighted by Crippen LogP contribution is 2.33. The molecular weight excluding hydrogens is 471 g/mol. The third kappa shape index (κ3) is 5.03. The van der Waals surface area contributed by atoms with Crippen LogP contribution in [0.5, 0.6) is 5.75 Å². The maximum Gasteiger partial charge on any atom is 0.192 e. The number of ether oxygens (including phenoxy) is 2. The van der Waals surface area contributed by atoms with Crippen LogP contribution in [0.2, 0.25) is 5.02 Å². The van der Waals surface area contributed by atoms with E-state index in [9.17, 15) is 9.90 Å². The van der Waals surface area contributed by atoms with E-state index in [0.717, 1.165) is 5.69 Å². The van der Waals surface area contributed by atoms with E-state index in [0.29, 0.717) is 59.6 Å². The van der Waals surface area contributed by atoms with Gasteiger partial charge >= 0.3 is 0 Å². The van der Waals surface area contributed by atoms with Crippen LogP contribution < -0.4 is 15.1 Å². The fourth-order valence-electron chi connectivity index (χ4n) is 4.75. The standard InChI is InChI=1S/C27H32ClFN2O4/c1-16(2)24(15-32)31-14-17(3)27(33)21-11-18(25(34-4)13-23(21)31)9-19-10-20(12-22(28)26(19)29)30-5-7-35-8-6-30/h10-14,16,24,32H,5-9,15H2,1-4H3. The Bertz CT molecular complexity index is 1280. The molecule has 0 aliphatic carbocycles. The lowest BCUT2D eigenvalue weighted by Crippen LogP contribution is -2.36. The summed E-state index contributed by atoms with van der Waals surface area (Å²) >= 11 is 6.28. The molecule has 2 aromatic carbocycles. The number of anilines is 1. The molecule has 1 saturated heterocycles. The molecule has 1 N–H and O–H groups in total. The van der Waals surface area contributed by atoms with Crippen molar-refractivity contribution in [3.63, 3.8) is 0 Å². The number of hydrogen-bond donors (Lipinski definition) is 1. The topological polar surface area (TPSA) is 63.9 Å². The summed E-state index contributed by atoms with van der Waals surface area (Å²) in [5.41, 5.74) is 3.12. The summed E-state index contributed by atoms with van der Waals surface area (Å²) in [4.78, 5) is 15.2. The molecule has 2 heterocycles. The van der Waals surface area contributed by atoms with E-state index < -0.39 is 5.82 Å². The van der Waals surface area contributed by atoms with Crippen molar-refractivity contribution in [2.45, 2.75) is 33.2 Å². The summed E-state index contributed by atoms with van der Waals surface area (Å²) < 4.78 is 28.2. The van der Waals surface area contributed by atoms with Gasteiger partial charge in [-0.2, -0.15) is 0 Å². The number of aliphatic hydroxyl groups excluding tert-OH is 1. The SMILES string of the molecule is COc1cc2c(cc1Cc1cc(N3CCOCC3)cc(Cl)c1F)c(=O)c(C)cn2C(CO)C(C)C. The van der Waals surface area contributed by atoms with Crippen LogP contribution in [0.25, 0.3) is 10.9 Å². The van der Waals surface area contributed by atoms with E-state index in [2.05, 4.69) is 4.90 Å². The van der Waals surface area contributed by atoms with Crippen molar-refractivity contribution in [2.24, 2.45) is 5.92 Å². The number of methoxy groups -OCH3 is 1. The Morgan fingerprint density at radius 1 is 1.17 bits per heavy atom. The lowest BCUT2D eigenvalue weighted by atomic mass is 9.98. The first-order valence-electron chi connectivity index (χ1n) is 11.9. The van der Waals surface area contributed by atoms with Gasteiger partial charge in [-0.15, -0.1) is 0 Å². The molecule has 1 unspecified atom stereocenters. The molecule has 0 spiro atoms. The van der Waals surface area contributed by atoms with E-state index in [1.807, 2.05) is 30.5 Å². The second-order valence-electron chi connectivity index (χ2n) is 9.40. The van der Waals surface area contributed by atoms with Gasteiger partial charge in [0.05, 0.1) is 43.5 Å². The van der Waals surface area contributed by atoms with Gasteiger partial charge in [-0.3, -0.25) is 4.79 Å². The normalized spacial score (nSPS) is 15.1. The van der Waals surface area contributed by atoms with Crippen molar-refractivity contribution in [1.82, 2.24) is 4.57 Å². The van der Waals surface area contributed by atoms with Crippen molar-refractivity contribution >= 4 is 28.2 Å². The monoisotopic (exact) mass is 502 g/mol. The molecule has 35 heavy (non-hydrogen) atoms. The molecule has 1 aliphatic heterocycles. The second kappa shape index (κ2) is 10.6. The number of rotatable bonds is 7. The third-order valence-corrected chi connectivity index (χ3v) is 7.05. The molecule has 0 bridgehead atoms. The van der Waals surface area contributed by atoms with Crippen molar-refractivity contribution in [3.8, 4) is 5.75 Å². The summed E-state index contributed by atoms with van der Waals surface area (Å²) in [6.07, 6.45) is 2.00. The van der Waals surface area contributed by atoms with Gasteiger partial charge in [-0.1, -0.05) is 25.4 Å². The first-order chi connectivity index (χ1) is 16.7. The highest BCUT2D eigenvalue weighted by Gasteiger charge is 2.21. The van der Waals surface area contributed by atoms with Crippen LogP contribution in [-0.4, -0.2) is 49.7 Å². The first kappa shape index (κ1) is 25.5. The molecule has 1 fully saturated rings. The first-order valence-corrected chi connectivity index (χ1v) is 12.3. The summed E-state index contributed by atoms with van der Waals surface area (Å²) in [6.45, 7) is 8.40. The van der Waals surface area contributed by atoms with Gasteiger partial charge in [-0.05, 0) is 42.2 Å². The predicted octanol–water partition coefficient (Wildman–Crippen LogP) is 4.73. The van der Waals surface area contributed by atoms with Crippen LogP contribution in [-0.2, 0) is 11.2 Å². The Kier molecular flexibility index (Phi) is 7.69. The number of halogens is 2. The number of benzene rings is 2. The maximum absolute atomic E-state index is 15.1. The Morgan fingerprint density at radius 2 is 1.89 bits per heavy atom. The van der Waals surface area contributed by atoms with E-state index in [1.54, 1.807) is 32.4 Å². The number of fused-ring (bicyclic) bond motifs is 1. The van der Waals surface area contributed by atoms with Crippen LogP contribution in [0.1, 0.15) is 36.6 Å². The Balaban J connectivity index is 1.84. The van der Waals surface area contributed by atoms with Crippen molar-refractivity contribution < 1.29 is 19.0 Å². The quantitative estimate of drug-likeness (QED) is 0.506. The van der Waals surface area contributed by atoms with Crippen LogP contribution >= 0.6 is 11.6 Å². The second-order valence-corrected chi connectivity index (χ2v) is 9.81. The zero-order valence-corrected chi connectivity index (χ0v) is 21.4. The summed E-state index contributed by atoms with van der Waals surface area (Å²) in [5, 5.41) is 10.6. The smallest absolute Gasteiger partial charge is 0.192 e. The molecule has 0 radical (unpaired) electrons. The molecule has 0 saturated carbocycles. The minimum Gasteiger partial charge on any atom is -0.496 e. The number of aliphatic hydroxyl groups is 1. The average Bonchev–Trinajstić information content (AvgIpc) is 2.85. The molecule has 0 amide bonds. The highest BCUT2D eigenvalue weighted by molar-refractivity contribution is 6.31. The van der Waals surface area contributed by atoms with Gasteiger partial charge < -0.3 is 24.0 Å². The largest absolute Gasteiger partial charge is 0.496 e. The van der Waals surface area contributed by atoms with Gasteiger partial charge in [0.1, 0.15) is 11.6 Å². The van der Waals surface area contributed by atoms with Gasteiger partial charge in [0.25, 0.3) is 0 Å². The summed E-state index contributed by atoms with van der Waals surface area (Å²) in [7, 11) is 1.56. The molecule has 3 aromatic rings. The van der Waals surface area contributed by atoms with E-state index >= 15 is 4.39 Å². The molecule has 8 heteroatoms. The Morgan fingerprint density at radius 3 is 2.51 bits per heavy atom. The average molecular weight is 503 g/mol. The van der Waals surface area contributed by atoms with Gasteiger partial charge in [0, 0.05) is 48.4 Å². The third-order valence-electron chi connectivity index (χ3n) is 6.77. The molecular formula is C27H32ClFN2O4. The number of pyridine rings is 1. The van der Waals surface area contributed by atoms with E-state index in [1.165, 1.54) is 0 Å². The maximum atomic E-state index is 15.1. The predicted molar refractivity (Wildman–Crippen MR) is 138 cm³/mol. The minimum atomic E-state index is -0.479. The summed E-state index contributed by atoms with van der Waals surface area (Å²) in [5.74, 6) is 0.213.